The molecule has 2 aromatic carbocycles. The van der Waals surface area contributed by atoms with E-state index >= 15 is 0 Å². The molecule has 0 aromatic heterocycles. The van der Waals surface area contributed by atoms with Gasteiger partial charge in [0.1, 0.15) is 11.5 Å². The van der Waals surface area contributed by atoms with Crippen LogP contribution in [-0.2, 0) is 11.2 Å². The third-order valence-electron chi connectivity index (χ3n) is 4.70. The molecule has 0 spiro atoms. The van der Waals surface area contributed by atoms with E-state index in [1.165, 1.54) is 25.0 Å². The van der Waals surface area contributed by atoms with E-state index in [4.69, 9.17) is 9.47 Å². The number of benzene rings is 2. The number of ether oxygens (including phenoxy) is 2. The van der Waals surface area contributed by atoms with Crippen LogP contribution in [0.3, 0.4) is 0 Å². The average Bonchev–Trinajstić information content (AvgIpc) is 3.18. The van der Waals surface area contributed by atoms with Gasteiger partial charge in [-0.15, -0.1) is 0 Å². The lowest BCUT2D eigenvalue weighted by molar-refractivity contribution is -0.153. The van der Waals surface area contributed by atoms with Gasteiger partial charge in [-0.2, -0.15) is 13.2 Å². The summed E-state index contributed by atoms with van der Waals surface area (Å²) >= 11 is 0. The maximum atomic E-state index is 12.4. The summed E-state index contributed by atoms with van der Waals surface area (Å²) in [5.74, 6) is 0.501. The second-order valence-corrected chi connectivity index (χ2v) is 7.12. The minimum Gasteiger partial charge on any atom is -0.490 e. The highest BCUT2D eigenvalue weighted by Crippen LogP contribution is 2.27. The van der Waals surface area contributed by atoms with Gasteiger partial charge in [0, 0.05) is 6.42 Å². The summed E-state index contributed by atoms with van der Waals surface area (Å²) in [4.78, 5) is 12.3. The van der Waals surface area contributed by atoms with Gasteiger partial charge in [-0.3, -0.25) is 4.79 Å². The molecular formula is C22H24F3NO3. The van der Waals surface area contributed by atoms with Crippen LogP contribution in [0, 0.1) is 0 Å². The molecule has 0 saturated heterocycles. The quantitative estimate of drug-likeness (QED) is 0.627. The Balaban J connectivity index is 1.52. The Bertz CT molecular complexity index is 817. The first-order chi connectivity index (χ1) is 13.9. The van der Waals surface area contributed by atoms with E-state index < -0.39 is 12.8 Å². The average molecular weight is 407 g/mol. The summed E-state index contributed by atoms with van der Waals surface area (Å²) in [6, 6.07) is 13.8. The molecule has 2 aromatic rings. The molecule has 0 aliphatic heterocycles. The molecule has 0 bridgehead atoms. The molecule has 1 saturated carbocycles. The smallest absolute Gasteiger partial charge is 0.422 e. The molecule has 3 rings (SSSR count). The summed E-state index contributed by atoms with van der Waals surface area (Å²) in [6.45, 7) is -1.41. The predicted molar refractivity (Wildman–Crippen MR) is 104 cm³/mol. The topological polar surface area (TPSA) is 47.6 Å². The fourth-order valence-corrected chi connectivity index (χ4v) is 3.30. The molecule has 0 radical (unpaired) electrons. The van der Waals surface area contributed by atoms with Crippen molar-refractivity contribution in [3.05, 3.63) is 54.1 Å². The molecule has 156 valence electrons. The molecule has 0 unspecified atom stereocenters. The first-order valence-electron chi connectivity index (χ1n) is 9.73. The standard InChI is InChI=1S/C22H24F3NO3/c23-22(24,25)15-28-20-11-4-3-10-19(20)26-21(27)13-12-16-6-5-9-18(14-16)29-17-7-1-2-8-17/h3-6,9-11,14,17H,1-2,7-8,12-13,15H2,(H,26,27). The van der Waals surface area contributed by atoms with Crippen molar-refractivity contribution >= 4 is 11.6 Å². The fourth-order valence-electron chi connectivity index (χ4n) is 3.30. The molecule has 0 heterocycles. The van der Waals surface area contributed by atoms with Gasteiger partial charge in [0.15, 0.2) is 6.61 Å². The van der Waals surface area contributed by atoms with Crippen molar-refractivity contribution in [1.82, 2.24) is 0 Å². The predicted octanol–water partition coefficient (Wildman–Crippen LogP) is 5.52. The summed E-state index contributed by atoms with van der Waals surface area (Å²) in [5.41, 5.74) is 1.19. The van der Waals surface area contributed by atoms with Crippen molar-refractivity contribution < 1.29 is 27.4 Å². The third-order valence-corrected chi connectivity index (χ3v) is 4.70. The molecule has 7 heteroatoms. The van der Waals surface area contributed by atoms with Gasteiger partial charge in [0.25, 0.3) is 0 Å². The fraction of sp³-hybridized carbons (Fsp3) is 0.409. The number of rotatable bonds is 8. The lowest BCUT2D eigenvalue weighted by atomic mass is 10.1. The van der Waals surface area contributed by atoms with Crippen molar-refractivity contribution in [3.8, 4) is 11.5 Å². The molecule has 1 N–H and O–H groups in total. The molecular weight excluding hydrogens is 383 g/mol. The minimum absolute atomic E-state index is 0.00913. The summed E-state index contributed by atoms with van der Waals surface area (Å²) in [7, 11) is 0. The van der Waals surface area contributed by atoms with E-state index in [0.717, 1.165) is 24.2 Å². The molecule has 4 nitrogen and oxygen atoms in total. The second kappa shape index (κ2) is 9.67. The Hall–Kier alpha value is -2.70. The van der Waals surface area contributed by atoms with Crippen LogP contribution in [0.4, 0.5) is 18.9 Å². The molecule has 1 aliphatic carbocycles. The van der Waals surface area contributed by atoms with Gasteiger partial charge in [-0.1, -0.05) is 24.3 Å². The number of nitrogens with one attached hydrogen (secondary N) is 1. The Morgan fingerprint density at radius 1 is 1.07 bits per heavy atom. The zero-order valence-corrected chi connectivity index (χ0v) is 16.0. The van der Waals surface area contributed by atoms with Crippen LogP contribution in [-0.4, -0.2) is 24.8 Å². The van der Waals surface area contributed by atoms with E-state index in [1.807, 2.05) is 24.3 Å². The highest BCUT2D eigenvalue weighted by molar-refractivity contribution is 5.92. The zero-order chi connectivity index (χ0) is 20.7. The van der Waals surface area contributed by atoms with Crippen molar-refractivity contribution in [2.75, 3.05) is 11.9 Å². The first kappa shape index (κ1) is 21.0. The zero-order valence-electron chi connectivity index (χ0n) is 16.0. The van der Waals surface area contributed by atoms with Crippen molar-refractivity contribution in [2.24, 2.45) is 0 Å². The summed E-state index contributed by atoms with van der Waals surface area (Å²) in [5, 5.41) is 2.63. The van der Waals surface area contributed by atoms with Gasteiger partial charge >= 0.3 is 6.18 Å². The molecule has 1 amide bonds. The maximum Gasteiger partial charge on any atom is 0.422 e. The van der Waals surface area contributed by atoms with E-state index in [0.29, 0.717) is 6.42 Å². The maximum absolute atomic E-state index is 12.4. The number of amides is 1. The van der Waals surface area contributed by atoms with Crippen molar-refractivity contribution in [3.63, 3.8) is 0 Å². The molecule has 1 fully saturated rings. The van der Waals surface area contributed by atoms with Crippen LogP contribution >= 0.6 is 0 Å². The minimum atomic E-state index is -4.44. The summed E-state index contributed by atoms with van der Waals surface area (Å²) < 4.78 is 47.9. The van der Waals surface area contributed by atoms with E-state index in [1.54, 1.807) is 12.1 Å². The number of hydrogen-bond acceptors (Lipinski definition) is 3. The number of anilines is 1. The van der Waals surface area contributed by atoms with E-state index in [9.17, 15) is 18.0 Å². The molecule has 1 aliphatic rings. The number of halogens is 3. The molecule has 29 heavy (non-hydrogen) atoms. The Labute approximate surface area is 168 Å². The van der Waals surface area contributed by atoms with Gasteiger partial charge in [-0.05, 0) is 61.9 Å². The number of aryl methyl sites for hydroxylation is 1. The van der Waals surface area contributed by atoms with Gasteiger partial charge in [-0.25, -0.2) is 0 Å². The lowest BCUT2D eigenvalue weighted by Crippen LogP contribution is -2.20. The number of alkyl halides is 3. The van der Waals surface area contributed by atoms with Gasteiger partial charge in [0.2, 0.25) is 5.91 Å². The van der Waals surface area contributed by atoms with Crippen LogP contribution in [0.2, 0.25) is 0 Å². The number of hydrogen-bond donors (Lipinski definition) is 1. The van der Waals surface area contributed by atoms with E-state index in [2.05, 4.69) is 5.32 Å². The normalized spacial score (nSPS) is 14.6. The highest BCUT2D eigenvalue weighted by atomic mass is 19.4. The Morgan fingerprint density at radius 3 is 2.59 bits per heavy atom. The van der Waals surface area contributed by atoms with E-state index in [-0.39, 0.29) is 29.9 Å². The molecule has 0 atom stereocenters. The largest absolute Gasteiger partial charge is 0.490 e. The Morgan fingerprint density at radius 2 is 1.83 bits per heavy atom. The third kappa shape index (κ3) is 7.00. The van der Waals surface area contributed by atoms with Crippen LogP contribution in [0.5, 0.6) is 11.5 Å². The van der Waals surface area contributed by atoms with Crippen LogP contribution in [0.25, 0.3) is 0 Å². The van der Waals surface area contributed by atoms with Gasteiger partial charge < -0.3 is 14.8 Å². The number of carbonyl (C=O) groups is 1. The first-order valence-corrected chi connectivity index (χ1v) is 9.73. The van der Waals surface area contributed by atoms with Crippen LogP contribution in [0.15, 0.2) is 48.5 Å². The van der Waals surface area contributed by atoms with Crippen LogP contribution < -0.4 is 14.8 Å². The lowest BCUT2D eigenvalue weighted by Gasteiger charge is -2.14. The van der Waals surface area contributed by atoms with Crippen molar-refractivity contribution in [1.29, 1.82) is 0 Å². The monoisotopic (exact) mass is 407 g/mol. The van der Waals surface area contributed by atoms with Crippen LogP contribution in [0.1, 0.15) is 37.7 Å². The second-order valence-electron chi connectivity index (χ2n) is 7.12. The summed E-state index contributed by atoms with van der Waals surface area (Å²) in [6.07, 6.45) is 1.05. The Kier molecular flexibility index (Phi) is 7.01. The number of para-hydroxylation sites is 2. The van der Waals surface area contributed by atoms with Crippen molar-refractivity contribution in [2.45, 2.75) is 50.8 Å². The SMILES string of the molecule is O=C(CCc1cccc(OC2CCCC2)c1)Nc1ccccc1OCC(F)(F)F. The highest BCUT2D eigenvalue weighted by Gasteiger charge is 2.28. The van der Waals surface area contributed by atoms with Gasteiger partial charge in [0.05, 0.1) is 11.8 Å². The number of carbonyl (C=O) groups excluding carboxylic acids is 1.